The molecule has 1 unspecified atom stereocenters. The summed E-state index contributed by atoms with van der Waals surface area (Å²) >= 11 is 0. The normalized spacial score (nSPS) is 19.6. The average Bonchev–Trinajstić information content (AvgIpc) is 3.12. The number of piperidine rings is 1. The SMILES string of the molecule is COc1ccc(CCN2CC(C(=O)N(C)C3CCNCC3)CC2=O)cc1OC.Cl. The first-order valence-corrected chi connectivity index (χ1v) is 9.99. The average molecular weight is 426 g/mol. The Balaban J connectivity index is 0.00000300. The van der Waals surface area contributed by atoms with Crippen LogP contribution in [-0.4, -0.2) is 75.1 Å². The van der Waals surface area contributed by atoms with E-state index in [1.54, 1.807) is 14.2 Å². The Morgan fingerprint density at radius 3 is 2.55 bits per heavy atom. The molecule has 29 heavy (non-hydrogen) atoms. The molecule has 1 aromatic rings. The number of ether oxygens (including phenoxy) is 2. The van der Waals surface area contributed by atoms with Crippen molar-refractivity contribution in [1.29, 1.82) is 0 Å². The molecule has 0 spiro atoms. The number of carbonyl (C=O) groups is 2. The molecule has 2 saturated heterocycles. The first-order chi connectivity index (χ1) is 13.5. The van der Waals surface area contributed by atoms with E-state index in [1.165, 1.54) is 0 Å². The Hall–Kier alpha value is -1.99. The van der Waals surface area contributed by atoms with Crippen LogP contribution in [0.1, 0.15) is 24.8 Å². The lowest BCUT2D eigenvalue weighted by Gasteiger charge is -2.33. The molecule has 2 fully saturated rings. The van der Waals surface area contributed by atoms with Crippen LogP contribution >= 0.6 is 12.4 Å². The van der Waals surface area contributed by atoms with Crippen LogP contribution in [-0.2, 0) is 16.0 Å². The summed E-state index contributed by atoms with van der Waals surface area (Å²) in [5, 5.41) is 3.32. The summed E-state index contributed by atoms with van der Waals surface area (Å²) in [7, 11) is 5.11. The van der Waals surface area contributed by atoms with E-state index in [4.69, 9.17) is 9.47 Å². The predicted molar refractivity (Wildman–Crippen MR) is 114 cm³/mol. The number of halogens is 1. The number of nitrogens with zero attached hydrogens (tertiary/aromatic N) is 2. The highest BCUT2D eigenvalue weighted by Gasteiger charge is 2.37. The molecule has 1 atom stereocenters. The van der Waals surface area contributed by atoms with Crippen molar-refractivity contribution in [2.24, 2.45) is 5.92 Å². The van der Waals surface area contributed by atoms with E-state index in [2.05, 4.69) is 5.32 Å². The monoisotopic (exact) mass is 425 g/mol. The van der Waals surface area contributed by atoms with E-state index < -0.39 is 0 Å². The predicted octanol–water partition coefficient (Wildman–Crippen LogP) is 1.73. The van der Waals surface area contributed by atoms with E-state index in [0.29, 0.717) is 31.0 Å². The van der Waals surface area contributed by atoms with Crippen molar-refractivity contribution < 1.29 is 19.1 Å². The van der Waals surface area contributed by atoms with E-state index in [-0.39, 0.29) is 36.2 Å². The summed E-state index contributed by atoms with van der Waals surface area (Å²) in [5.41, 5.74) is 1.08. The molecular weight excluding hydrogens is 394 g/mol. The van der Waals surface area contributed by atoms with Crippen molar-refractivity contribution in [3.05, 3.63) is 23.8 Å². The molecule has 3 rings (SSSR count). The van der Waals surface area contributed by atoms with Gasteiger partial charge >= 0.3 is 0 Å². The molecule has 7 nitrogen and oxygen atoms in total. The number of hydrogen-bond donors (Lipinski definition) is 1. The lowest BCUT2D eigenvalue weighted by atomic mass is 10.0. The summed E-state index contributed by atoms with van der Waals surface area (Å²) in [4.78, 5) is 29.0. The van der Waals surface area contributed by atoms with E-state index in [9.17, 15) is 9.59 Å². The molecule has 2 amide bonds. The Bertz CT molecular complexity index is 709. The van der Waals surface area contributed by atoms with Crippen LogP contribution in [0, 0.1) is 5.92 Å². The molecule has 0 radical (unpaired) electrons. The maximum absolute atomic E-state index is 12.9. The highest BCUT2D eigenvalue weighted by atomic mass is 35.5. The fraction of sp³-hybridized carbons (Fsp3) is 0.619. The highest BCUT2D eigenvalue weighted by Crippen LogP contribution is 2.28. The smallest absolute Gasteiger partial charge is 0.227 e. The lowest BCUT2D eigenvalue weighted by molar-refractivity contribution is -0.137. The zero-order valence-corrected chi connectivity index (χ0v) is 18.3. The second kappa shape index (κ2) is 10.7. The maximum atomic E-state index is 12.9. The van der Waals surface area contributed by atoms with Crippen LogP contribution in [0.3, 0.4) is 0 Å². The largest absolute Gasteiger partial charge is 0.493 e. The summed E-state index contributed by atoms with van der Waals surface area (Å²) in [6.07, 6.45) is 3.00. The van der Waals surface area contributed by atoms with Crippen LogP contribution in [0.2, 0.25) is 0 Å². The van der Waals surface area contributed by atoms with Gasteiger partial charge in [0.2, 0.25) is 11.8 Å². The van der Waals surface area contributed by atoms with Gasteiger partial charge in [0.15, 0.2) is 11.5 Å². The summed E-state index contributed by atoms with van der Waals surface area (Å²) < 4.78 is 10.6. The zero-order chi connectivity index (χ0) is 20.1. The molecule has 162 valence electrons. The Morgan fingerprint density at radius 1 is 1.21 bits per heavy atom. The van der Waals surface area contributed by atoms with Crippen molar-refractivity contribution in [3.63, 3.8) is 0 Å². The molecule has 0 bridgehead atoms. The standard InChI is InChI=1S/C21H31N3O4.ClH/c1-23(17-6-9-22-10-7-17)21(26)16-13-20(25)24(14-16)11-8-15-4-5-18(27-2)19(12-15)28-3;/h4-5,12,16-17,22H,6-11,13-14H2,1-3H3;1H. The third-order valence-electron chi connectivity index (χ3n) is 5.89. The number of methoxy groups -OCH3 is 2. The van der Waals surface area contributed by atoms with E-state index in [1.807, 2.05) is 35.0 Å². The van der Waals surface area contributed by atoms with Crippen molar-refractivity contribution >= 4 is 24.2 Å². The molecule has 1 N–H and O–H groups in total. The molecule has 2 heterocycles. The number of likely N-dealkylation sites (tertiary alicyclic amines) is 1. The number of nitrogens with one attached hydrogen (secondary N) is 1. The Kier molecular flexibility index (Phi) is 8.59. The first-order valence-electron chi connectivity index (χ1n) is 9.99. The number of amides is 2. The van der Waals surface area contributed by atoms with Gasteiger partial charge in [-0.1, -0.05) is 6.07 Å². The first kappa shape index (κ1) is 23.3. The quantitative estimate of drug-likeness (QED) is 0.720. The fourth-order valence-corrected chi connectivity index (χ4v) is 4.12. The van der Waals surface area contributed by atoms with Crippen molar-refractivity contribution in [3.8, 4) is 11.5 Å². The molecule has 2 aliphatic rings. The molecule has 2 aliphatic heterocycles. The summed E-state index contributed by atoms with van der Waals surface area (Å²) in [5.74, 6) is 1.32. The zero-order valence-electron chi connectivity index (χ0n) is 17.5. The molecule has 8 heteroatoms. The summed E-state index contributed by atoms with van der Waals surface area (Å²) in [6, 6.07) is 6.08. The number of rotatable bonds is 7. The third-order valence-corrected chi connectivity index (χ3v) is 5.89. The number of hydrogen-bond acceptors (Lipinski definition) is 5. The van der Waals surface area contributed by atoms with Crippen LogP contribution in [0.25, 0.3) is 0 Å². The minimum atomic E-state index is -0.224. The Labute approximate surface area is 179 Å². The third kappa shape index (κ3) is 5.54. The van der Waals surface area contributed by atoms with Gasteiger partial charge in [0.1, 0.15) is 0 Å². The van der Waals surface area contributed by atoms with Gasteiger partial charge in [-0.2, -0.15) is 0 Å². The number of benzene rings is 1. The van der Waals surface area contributed by atoms with Crippen LogP contribution < -0.4 is 14.8 Å². The number of carbonyl (C=O) groups excluding carboxylic acids is 2. The minimum Gasteiger partial charge on any atom is -0.493 e. The van der Waals surface area contributed by atoms with Gasteiger partial charge < -0.3 is 24.6 Å². The molecule has 0 aromatic heterocycles. The topological polar surface area (TPSA) is 71.1 Å². The second-order valence-corrected chi connectivity index (χ2v) is 7.61. The molecular formula is C21H32ClN3O4. The van der Waals surface area contributed by atoms with Gasteiger partial charge in [0.25, 0.3) is 0 Å². The Morgan fingerprint density at radius 2 is 1.90 bits per heavy atom. The van der Waals surface area contributed by atoms with Gasteiger partial charge in [0.05, 0.1) is 20.1 Å². The molecule has 1 aromatic carbocycles. The van der Waals surface area contributed by atoms with Crippen molar-refractivity contribution in [2.45, 2.75) is 31.7 Å². The molecule has 0 saturated carbocycles. The van der Waals surface area contributed by atoms with Crippen LogP contribution in [0.15, 0.2) is 18.2 Å². The van der Waals surface area contributed by atoms with Crippen molar-refractivity contribution in [1.82, 2.24) is 15.1 Å². The fourth-order valence-electron chi connectivity index (χ4n) is 4.12. The van der Waals surface area contributed by atoms with Crippen molar-refractivity contribution in [2.75, 3.05) is 47.4 Å². The maximum Gasteiger partial charge on any atom is 0.227 e. The van der Waals surface area contributed by atoms with Gasteiger partial charge in [0, 0.05) is 32.6 Å². The van der Waals surface area contributed by atoms with Gasteiger partial charge in [-0.25, -0.2) is 0 Å². The summed E-state index contributed by atoms with van der Waals surface area (Å²) in [6.45, 7) is 3.02. The van der Waals surface area contributed by atoms with Gasteiger partial charge in [-0.3, -0.25) is 9.59 Å². The second-order valence-electron chi connectivity index (χ2n) is 7.61. The minimum absolute atomic E-state index is 0. The van der Waals surface area contributed by atoms with Gasteiger partial charge in [-0.15, -0.1) is 12.4 Å². The van der Waals surface area contributed by atoms with E-state index in [0.717, 1.165) is 37.9 Å². The lowest BCUT2D eigenvalue weighted by Crippen LogP contribution is -2.46. The molecule has 0 aliphatic carbocycles. The van der Waals surface area contributed by atoms with Crippen LogP contribution in [0.4, 0.5) is 0 Å². The van der Waals surface area contributed by atoms with Crippen LogP contribution in [0.5, 0.6) is 11.5 Å². The van der Waals surface area contributed by atoms with E-state index >= 15 is 0 Å². The highest BCUT2D eigenvalue weighted by molar-refractivity contribution is 5.89. The van der Waals surface area contributed by atoms with Gasteiger partial charge in [-0.05, 0) is 50.0 Å².